The van der Waals surface area contributed by atoms with Gasteiger partial charge in [0, 0.05) is 10.8 Å². The molecule has 5 aromatic rings. The molecule has 0 fully saturated rings. The van der Waals surface area contributed by atoms with Gasteiger partial charge in [-0.05, 0) is 36.4 Å². The molecule has 26 heavy (non-hydrogen) atoms. The molecule has 0 spiro atoms. The monoisotopic (exact) mass is 341 g/mol. The molecule has 5 nitrogen and oxygen atoms in total. The van der Waals surface area contributed by atoms with E-state index in [4.69, 9.17) is 8.83 Å². The quantitative estimate of drug-likeness (QED) is 0.339. The number of pyridine rings is 1. The molecule has 0 bridgehead atoms. The lowest BCUT2D eigenvalue weighted by Gasteiger charge is -2.05. The molecule has 0 saturated carbocycles. The van der Waals surface area contributed by atoms with Crippen LogP contribution in [0.25, 0.3) is 44.1 Å². The standard InChI is InChI=1S/C21H11NO4/c23-20-14-9-10-16(22-19(14)13-6-2-4-8-18(13)26-20)15-11-12-5-1-3-7-17(12)25-21(15)24/h1-11H. The molecule has 0 atom stereocenters. The van der Waals surface area contributed by atoms with Crippen molar-refractivity contribution in [3.05, 3.63) is 87.6 Å². The smallest absolute Gasteiger partial charge is 0.345 e. The van der Waals surface area contributed by atoms with Gasteiger partial charge in [0.1, 0.15) is 11.2 Å². The zero-order valence-electron chi connectivity index (χ0n) is 13.4. The average Bonchev–Trinajstić information content (AvgIpc) is 2.67. The minimum atomic E-state index is -0.470. The predicted octanol–water partition coefficient (Wildman–Crippen LogP) is 4.11. The Hall–Kier alpha value is -3.73. The molecule has 124 valence electrons. The van der Waals surface area contributed by atoms with Crippen molar-refractivity contribution in [2.45, 2.75) is 0 Å². The highest BCUT2D eigenvalue weighted by atomic mass is 16.4. The third kappa shape index (κ3) is 2.14. The van der Waals surface area contributed by atoms with Crippen molar-refractivity contribution in [3.63, 3.8) is 0 Å². The van der Waals surface area contributed by atoms with Crippen molar-refractivity contribution in [1.29, 1.82) is 0 Å². The van der Waals surface area contributed by atoms with Gasteiger partial charge in [-0.15, -0.1) is 0 Å². The highest BCUT2D eigenvalue weighted by molar-refractivity contribution is 6.02. The maximum Gasteiger partial charge on any atom is 0.345 e. The summed E-state index contributed by atoms with van der Waals surface area (Å²) in [7, 11) is 0. The van der Waals surface area contributed by atoms with Gasteiger partial charge in [0.05, 0.1) is 22.2 Å². The molecule has 3 heterocycles. The number of rotatable bonds is 1. The van der Waals surface area contributed by atoms with Crippen molar-refractivity contribution in [1.82, 2.24) is 4.98 Å². The Kier molecular flexibility index (Phi) is 3.03. The summed E-state index contributed by atoms with van der Waals surface area (Å²) in [5.41, 5.74) is 1.36. The maximum atomic E-state index is 12.4. The molecule has 0 aliphatic heterocycles. The van der Waals surface area contributed by atoms with Crippen LogP contribution in [-0.2, 0) is 0 Å². The third-order valence-corrected chi connectivity index (χ3v) is 4.38. The summed E-state index contributed by atoms with van der Waals surface area (Å²) in [6.45, 7) is 0. The number of aromatic nitrogens is 1. The van der Waals surface area contributed by atoms with Crippen molar-refractivity contribution >= 4 is 32.8 Å². The number of para-hydroxylation sites is 2. The molecule has 0 N–H and O–H groups in total. The van der Waals surface area contributed by atoms with E-state index >= 15 is 0 Å². The van der Waals surface area contributed by atoms with E-state index in [-0.39, 0.29) is 0 Å². The highest BCUT2D eigenvalue weighted by Gasteiger charge is 2.13. The third-order valence-electron chi connectivity index (χ3n) is 4.38. The van der Waals surface area contributed by atoms with Crippen LogP contribution in [0, 0.1) is 0 Å². The molecule has 0 aliphatic carbocycles. The fourth-order valence-corrected chi connectivity index (χ4v) is 3.13. The lowest BCUT2D eigenvalue weighted by Crippen LogP contribution is -2.06. The van der Waals surface area contributed by atoms with Crippen molar-refractivity contribution in [2.24, 2.45) is 0 Å². The summed E-state index contributed by atoms with van der Waals surface area (Å²) in [6, 6.07) is 19.5. The largest absolute Gasteiger partial charge is 0.422 e. The van der Waals surface area contributed by atoms with E-state index in [1.165, 1.54) is 0 Å². The first-order chi connectivity index (χ1) is 12.7. The van der Waals surface area contributed by atoms with Crippen LogP contribution < -0.4 is 11.3 Å². The highest BCUT2D eigenvalue weighted by Crippen LogP contribution is 2.25. The van der Waals surface area contributed by atoms with Crippen LogP contribution in [0.5, 0.6) is 0 Å². The van der Waals surface area contributed by atoms with Gasteiger partial charge in [-0.25, -0.2) is 14.6 Å². The van der Waals surface area contributed by atoms with Gasteiger partial charge in [-0.1, -0.05) is 30.3 Å². The normalized spacial score (nSPS) is 11.4. The van der Waals surface area contributed by atoms with Gasteiger partial charge in [-0.2, -0.15) is 0 Å². The molecule has 0 unspecified atom stereocenters. The second-order valence-corrected chi connectivity index (χ2v) is 5.96. The van der Waals surface area contributed by atoms with Gasteiger partial charge in [-0.3, -0.25) is 0 Å². The van der Waals surface area contributed by atoms with Crippen molar-refractivity contribution in [2.75, 3.05) is 0 Å². The number of fused-ring (bicyclic) bond motifs is 4. The summed E-state index contributed by atoms with van der Waals surface area (Å²) < 4.78 is 10.7. The van der Waals surface area contributed by atoms with E-state index in [0.717, 1.165) is 5.39 Å². The summed E-state index contributed by atoms with van der Waals surface area (Å²) in [4.78, 5) is 29.2. The lowest BCUT2D eigenvalue weighted by molar-refractivity contribution is 0.563. The lowest BCUT2D eigenvalue weighted by atomic mass is 10.1. The van der Waals surface area contributed by atoms with E-state index in [2.05, 4.69) is 4.98 Å². The molecule has 2 aromatic carbocycles. The van der Waals surface area contributed by atoms with Crippen LogP contribution in [0.15, 0.2) is 85.2 Å². The van der Waals surface area contributed by atoms with Crippen LogP contribution in [0.1, 0.15) is 0 Å². The van der Waals surface area contributed by atoms with E-state index in [9.17, 15) is 9.59 Å². The number of hydrogen-bond donors (Lipinski definition) is 0. The van der Waals surface area contributed by atoms with Crippen LogP contribution in [0.4, 0.5) is 0 Å². The predicted molar refractivity (Wildman–Crippen MR) is 99.3 cm³/mol. The topological polar surface area (TPSA) is 73.3 Å². The Labute approximate surface area is 146 Å². The zero-order valence-corrected chi connectivity index (χ0v) is 13.4. The summed E-state index contributed by atoms with van der Waals surface area (Å²) in [5, 5.41) is 1.90. The molecular weight excluding hydrogens is 330 g/mol. The van der Waals surface area contributed by atoms with E-state index in [1.54, 1.807) is 36.4 Å². The SMILES string of the molecule is O=c1oc2ccccc2cc1-c1ccc2c(=O)oc3ccccc3c2n1. The summed E-state index contributed by atoms with van der Waals surface area (Å²) >= 11 is 0. The van der Waals surface area contributed by atoms with Crippen LogP contribution in [-0.4, -0.2) is 4.98 Å². The molecule has 5 rings (SSSR count). The van der Waals surface area contributed by atoms with E-state index in [0.29, 0.717) is 38.7 Å². The van der Waals surface area contributed by atoms with Gasteiger partial charge in [0.25, 0.3) is 0 Å². The Morgan fingerprint density at radius 2 is 1.42 bits per heavy atom. The maximum absolute atomic E-state index is 12.4. The van der Waals surface area contributed by atoms with Crippen LogP contribution in [0.2, 0.25) is 0 Å². The van der Waals surface area contributed by atoms with E-state index < -0.39 is 11.3 Å². The molecular formula is C21H11NO4. The van der Waals surface area contributed by atoms with Crippen molar-refractivity contribution in [3.8, 4) is 11.3 Å². The second kappa shape index (κ2) is 5.39. The van der Waals surface area contributed by atoms with Crippen LogP contribution in [0.3, 0.4) is 0 Å². The van der Waals surface area contributed by atoms with Crippen molar-refractivity contribution < 1.29 is 8.83 Å². The molecule has 0 aliphatic rings. The number of hydrogen-bond acceptors (Lipinski definition) is 5. The molecule has 3 aromatic heterocycles. The van der Waals surface area contributed by atoms with Crippen LogP contribution >= 0.6 is 0 Å². The number of nitrogens with zero attached hydrogens (tertiary/aromatic N) is 1. The first kappa shape index (κ1) is 14.6. The molecule has 5 heteroatoms. The van der Waals surface area contributed by atoms with Gasteiger partial charge in [0.15, 0.2) is 0 Å². The van der Waals surface area contributed by atoms with E-state index in [1.807, 2.05) is 30.3 Å². The molecule has 0 amide bonds. The number of benzene rings is 2. The Balaban J connectivity index is 1.86. The second-order valence-electron chi connectivity index (χ2n) is 5.96. The first-order valence-electron chi connectivity index (χ1n) is 8.06. The first-order valence-corrected chi connectivity index (χ1v) is 8.06. The fraction of sp³-hybridized carbons (Fsp3) is 0. The summed E-state index contributed by atoms with van der Waals surface area (Å²) in [6.07, 6.45) is 0. The minimum Gasteiger partial charge on any atom is -0.422 e. The Morgan fingerprint density at radius 3 is 2.31 bits per heavy atom. The van der Waals surface area contributed by atoms with Gasteiger partial charge in [0.2, 0.25) is 0 Å². The Morgan fingerprint density at radius 1 is 0.692 bits per heavy atom. The molecule has 0 radical (unpaired) electrons. The zero-order chi connectivity index (χ0) is 17.7. The Bertz CT molecular complexity index is 1430. The molecule has 0 saturated heterocycles. The average molecular weight is 341 g/mol. The summed E-state index contributed by atoms with van der Waals surface area (Å²) in [5.74, 6) is 0. The minimum absolute atomic E-state index is 0.350. The fourth-order valence-electron chi connectivity index (χ4n) is 3.13. The van der Waals surface area contributed by atoms with Gasteiger partial charge < -0.3 is 8.83 Å². The van der Waals surface area contributed by atoms with Gasteiger partial charge >= 0.3 is 11.3 Å².